The van der Waals surface area contributed by atoms with Crippen LogP contribution in [0.1, 0.15) is 0 Å². The molecule has 2 rings (SSSR count). The maximum Gasteiger partial charge on any atom is 0.419 e. The average Bonchev–Trinajstić information content (AvgIpc) is 2.30. The second-order valence-electron chi connectivity index (χ2n) is 4.00. The Morgan fingerprint density at radius 1 is 0.944 bits per heavy atom. The molecule has 0 radical (unpaired) electrons. The molecule has 8 heteroatoms. The number of rotatable bonds is 4. The summed E-state index contributed by atoms with van der Waals surface area (Å²) in [6.45, 7) is 0.883. The molecule has 2 heterocycles. The zero-order valence-electron chi connectivity index (χ0n) is 10.2. The molecule has 0 aliphatic carbocycles. The predicted molar refractivity (Wildman–Crippen MR) is 57.4 cm³/mol. The van der Waals surface area contributed by atoms with Crippen molar-refractivity contribution in [1.82, 2.24) is 10.6 Å². The van der Waals surface area contributed by atoms with E-state index in [-0.39, 0.29) is 12.1 Å². The molecule has 18 heavy (non-hydrogen) atoms. The van der Waals surface area contributed by atoms with E-state index in [0.717, 1.165) is 0 Å². The summed E-state index contributed by atoms with van der Waals surface area (Å²) in [6.07, 6.45) is -1.48. The Morgan fingerprint density at radius 3 is 1.56 bits per heavy atom. The van der Waals surface area contributed by atoms with Crippen molar-refractivity contribution >= 4 is 11.9 Å². The summed E-state index contributed by atoms with van der Waals surface area (Å²) in [6, 6.07) is -0.182. The molecule has 2 fully saturated rings. The zero-order valence-corrected chi connectivity index (χ0v) is 10.2. The Bertz CT molecular complexity index is 300. The highest BCUT2D eigenvalue weighted by Crippen LogP contribution is 2.16. The Labute approximate surface area is 104 Å². The van der Waals surface area contributed by atoms with E-state index in [1.54, 1.807) is 14.1 Å². The second kappa shape index (κ2) is 5.61. The fourth-order valence-electron chi connectivity index (χ4n) is 1.52. The number of hydrogen-bond acceptors (Lipinski definition) is 8. The van der Waals surface area contributed by atoms with E-state index in [1.165, 1.54) is 0 Å². The highest BCUT2D eigenvalue weighted by atomic mass is 16.8. The van der Waals surface area contributed by atoms with Gasteiger partial charge in [0.05, 0.1) is 25.3 Å². The van der Waals surface area contributed by atoms with E-state index >= 15 is 0 Å². The Hall–Kier alpha value is -1.22. The van der Waals surface area contributed by atoms with Gasteiger partial charge in [-0.15, -0.1) is 0 Å². The lowest BCUT2D eigenvalue weighted by Crippen LogP contribution is -2.57. The molecule has 0 aromatic carbocycles. The summed E-state index contributed by atoms with van der Waals surface area (Å²) in [5, 5.41) is 5.77. The first-order chi connectivity index (χ1) is 8.65. The lowest BCUT2D eigenvalue weighted by atomic mass is 10.2. The quantitative estimate of drug-likeness (QED) is 0.441. The number of carbonyl (C=O) groups excluding carboxylic acids is 2. The first kappa shape index (κ1) is 13.2. The number of esters is 2. The van der Waals surface area contributed by atoms with Gasteiger partial charge < -0.3 is 29.6 Å². The van der Waals surface area contributed by atoms with Gasteiger partial charge in [-0.2, -0.15) is 0 Å². The van der Waals surface area contributed by atoms with Gasteiger partial charge in [-0.3, -0.25) is 0 Å². The maximum absolute atomic E-state index is 11.4. The van der Waals surface area contributed by atoms with E-state index in [4.69, 9.17) is 18.9 Å². The van der Waals surface area contributed by atoms with Gasteiger partial charge in [0.1, 0.15) is 0 Å². The predicted octanol–water partition coefficient (Wildman–Crippen LogP) is -2.04. The molecule has 0 bridgehead atoms. The summed E-state index contributed by atoms with van der Waals surface area (Å²) in [5.41, 5.74) is 0. The first-order valence-electron chi connectivity index (χ1n) is 5.65. The Balaban J connectivity index is 1.73. The van der Waals surface area contributed by atoms with E-state index in [0.29, 0.717) is 13.2 Å². The molecule has 4 atom stereocenters. The van der Waals surface area contributed by atoms with Gasteiger partial charge in [0, 0.05) is 0 Å². The van der Waals surface area contributed by atoms with Crippen molar-refractivity contribution in [2.45, 2.75) is 24.7 Å². The van der Waals surface area contributed by atoms with Crippen LogP contribution in [0.3, 0.4) is 0 Å². The van der Waals surface area contributed by atoms with Crippen molar-refractivity contribution in [3.05, 3.63) is 0 Å². The highest BCUT2D eigenvalue weighted by Gasteiger charge is 2.39. The van der Waals surface area contributed by atoms with Crippen LogP contribution in [0.15, 0.2) is 0 Å². The van der Waals surface area contributed by atoms with Gasteiger partial charge in [-0.05, 0) is 14.1 Å². The lowest BCUT2D eigenvalue weighted by molar-refractivity contribution is -0.249. The number of carbonyl (C=O) groups is 2. The van der Waals surface area contributed by atoms with Crippen molar-refractivity contribution in [1.29, 1.82) is 0 Å². The first-order valence-corrected chi connectivity index (χ1v) is 5.65. The van der Waals surface area contributed by atoms with Crippen molar-refractivity contribution in [3.63, 3.8) is 0 Å². The van der Waals surface area contributed by atoms with Gasteiger partial charge in [0.2, 0.25) is 12.6 Å². The normalized spacial score (nSPS) is 34.1. The molecule has 0 aromatic rings. The van der Waals surface area contributed by atoms with Crippen LogP contribution in [0.4, 0.5) is 0 Å². The molecule has 102 valence electrons. The molecule has 0 spiro atoms. The third-order valence-electron chi connectivity index (χ3n) is 2.89. The average molecular weight is 260 g/mol. The number of ether oxygens (including phenoxy) is 4. The minimum absolute atomic E-state index is 0.0910. The van der Waals surface area contributed by atoms with Crippen LogP contribution in [-0.4, -0.2) is 63.9 Å². The summed E-state index contributed by atoms with van der Waals surface area (Å²) in [7, 11) is 3.43. The van der Waals surface area contributed by atoms with Crippen LogP contribution in [0.2, 0.25) is 0 Å². The summed E-state index contributed by atoms with van der Waals surface area (Å²) in [4.78, 5) is 22.8. The smallest absolute Gasteiger partial charge is 0.419 e. The molecule has 8 nitrogen and oxygen atoms in total. The van der Waals surface area contributed by atoms with Crippen molar-refractivity contribution in [3.8, 4) is 0 Å². The van der Waals surface area contributed by atoms with Crippen LogP contribution in [-0.2, 0) is 28.5 Å². The van der Waals surface area contributed by atoms with Crippen LogP contribution < -0.4 is 10.6 Å². The molecule has 4 unspecified atom stereocenters. The van der Waals surface area contributed by atoms with Crippen molar-refractivity contribution in [2.75, 3.05) is 27.3 Å². The molecule has 0 saturated carbocycles. The molecule has 2 saturated heterocycles. The molecule has 2 aliphatic rings. The number of hydrogen-bond donors (Lipinski definition) is 2. The molecule has 0 amide bonds. The van der Waals surface area contributed by atoms with Crippen molar-refractivity contribution in [2.24, 2.45) is 0 Å². The minimum Gasteiger partial charge on any atom is -0.425 e. The van der Waals surface area contributed by atoms with Gasteiger partial charge >= 0.3 is 11.9 Å². The highest BCUT2D eigenvalue weighted by molar-refractivity contribution is 6.29. The third kappa shape index (κ3) is 2.61. The Morgan fingerprint density at radius 2 is 1.33 bits per heavy atom. The monoisotopic (exact) mass is 260 g/mol. The SMILES string of the molecule is CNC1COC1OC(=O)C(=O)OC1OCC1NC. The van der Waals surface area contributed by atoms with Crippen LogP contribution in [0.5, 0.6) is 0 Å². The van der Waals surface area contributed by atoms with Gasteiger partial charge in [-0.25, -0.2) is 9.59 Å². The van der Waals surface area contributed by atoms with Crippen LogP contribution in [0.25, 0.3) is 0 Å². The molecule has 2 N–H and O–H groups in total. The molecular weight excluding hydrogens is 244 g/mol. The van der Waals surface area contributed by atoms with Gasteiger partial charge in [-0.1, -0.05) is 0 Å². The summed E-state index contributed by atoms with van der Waals surface area (Å²) in [5.74, 6) is -2.16. The zero-order chi connectivity index (χ0) is 13.1. The van der Waals surface area contributed by atoms with Gasteiger partial charge in [0.15, 0.2) is 0 Å². The van der Waals surface area contributed by atoms with E-state index in [1.807, 2.05) is 0 Å². The van der Waals surface area contributed by atoms with Crippen LogP contribution in [0, 0.1) is 0 Å². The minimum atomic E-state index is -1.08. The largest absolute Gasteiger partial charge is 0.425 e. The number of nitrogens with one attached hydrogen (secondary N) is 2. The molecule has 0 aromatic heterocycles. The number of likely N-dealkylation sites (N-methyl/N-ethyl adjacent to an activating group) is 2. The fourth-order valence-corrected chi connectivity index (χ4v) is 1.52. The van der Waals surface area contributed by atoms with E-state index in [9.17, 15) is 9.59 Å². The van der Waals surface area contributed by atoms with Crippen molar-refractivity contribution < 1.29 is 28.5 Å². The van der Waals surface area contributed by atoms with Crippen LogP contribution >= 0.6 is 0 Å². The fraction of sp³-hybridized carbons (Fsp3) is 0.800. The Kier molecular flexibility index (Phi) is 4.12. The standard InChI is InChI=1S/C10H16N2O6/c1-11-5-3-15-9(5)17-7(13)8(14)18-10-6(12-2)4-16-10/h5-6,9-12H,3-4H2,1-2H3. The van der Waals surface area contributed by atoms with E-state index < -0.39 is 24.5 Å². The second-order valence-corrected chi connectivity index (χ2v) is 4.00. The lowest BCUT2D eigenvalue weighted by Gasteiger charge is -2.36. The molecule has 2 aliphatic heterocycles. The van der Waals surface area contributed by atoms with Gasteiger partial charge in [0.25, 0.3) is 0 Å². The van der Waals surface area contributed by atoms with E-state index in [2.05, 4.69) is 10.6 Å². The maximum atomic E-state index is 11.4. The summed E-state index contributed by atoms with van der Waals surface area (Å²) >= 11 is 0. The summed E-state index contributed by atoms with van der Waals surface area (Å²) < 4.78 is 19.6. The molecular formula is C10H16N2O6. The third-order valence-corrected chi connectivity index (χ3v) is 2.89. The topological polar surface area (TPSA) is 95.1 Å².